The quantitative estimate of drug-likeness (QED) is 0.868. The van der Waals surface area contributed by atoms with Crippen molar-refractivity contribution in [1.82, 2.24) is 4.98 Å². The Morgan fingerprint density at radius 1 is 1.44 bits per heavy atom. The molecule has 0 aromatic carbocycles. The summed E-state index contributed by atoms with van der Waals surface area (Å²) in [4.78, 5) is 28.3. The van der Waals surface area contributed by atoms with E-state index in [-0.39, 0.29) is 5.69 Å². The number of ketones is 1. The molecule has 96 valence electrons. The molecule has 5 heteroatoms. The Morgan fingerprint density at radius 3 is 2.72 bits per heavy atom. The van der Waals surface area contributed by atoms with Gasteiger partial charge in [-0.05, 0) is 25.0 Å². The molecular weight excluding hydrogens is 230 g/mol. The van der Waals surface area contributed by atoms with Crippen LogP contribution < -0.4 is 10.6 Å². The zero-order valence-corrected chi connectivity index (χ0v) is 10.4. The monoisotopic (exact) mass is 247 g/mol. The zero-order valence-electron chi connectivity index (χ0n) is 10.4. The molecule has 0 unspecified atom stereocenters. The number of nitrogens with two attached hydrogens (primary N) is 1. The van der Waals surface area contributed by atoms with Gasteiger partial charge in [0.2, 0.25) is 0 Å². The summed E-state index contributed by atoms with van der Waals surface area (Å²) in [5.41, 5.74) is 6.40. The summed E-state index contributed by atoms with van der Waals surface area (Å²) >= 11 is 0. The Labute approximate surface area is 106 Å². The highest BCUT2D eigenvalue weighted by molar-refractivity contribution is 5.91. The number of carbonyl (C=O) groups is 2. The Morgan fingerprint density at radius 2 is 2.11 bits per heavy atom. The number of Topliss-reactive ketones (excluding diaryl/α,β-unsaturated/α-hetero) is 1. The number of primary amides is 1. The lowest BCUT2D eigenvalue weighted by atomic mass is 9.93. The summed E-state index contributed by atoms with van der Waals surface area (Å²) in [6.45, 7) is 0. The van der Waals surface area contributed by atoms with Gasteiger partial charge in [-0.3, -0.25) is 14.6 Å². The standard InChI is InChI=1S/C13H17N3O2/c1-16(9-2-4-11(17)5-3-9)10-6-7-15-12(8-10)13(14)18/h6-9H,2-5H2,1H3,(H2,14,18). The maximum absolute atomic E-state index is 11.2. The van der Waals surface area contributed by atoms with E-state index in [4.69, 9.17) is 5.73 Å². The van der Waals surface area contributed by atoms with Crippen LogP contribution in [-0.4, -0.2) is 29.8 Å². The number of rotatable bonds is 3. The van der Waals surface area contributed by atoms with Gasteiger partial charge < -0.3 is 10.6 Å². The summed E-state index contributed by atoms with van der Waals surface area (Å²) in [5, 5.41) is 0. The third-order valence-corrected chi connectivity index (χ3v) is 3.46. The number of hydrogen-bond acceptors (Lipinski definition) is 4. The minimum absolute atomic E-state index is 0.270. The summed E-state index contributed by atoms with van der Waals surface area (Å²) < 4.78 is 0. The second kappa shape index (κ2) is 5.16. The van der Waals surface area contributed by atoms with Crippen LogP contribution in [-0.2, 0) is 4.79 Å². The van der Waals surface area contributed by atoms with Crippen molar-refractivity contribution in [2.75, 3.05) is 11.9 Å². The molecule has 1 aromatic heterocycles. The molecule has 0 atom stereocenters. The molecule has 18 heavy (non-hydrogen) atoms. The number of hydrogen-bond donors (Lipinski definition) is 1. The second-order valence-corrected chi connectivity index (χ2v) is 4.64. The molecular formula is C13H17N3O2. The smallest absolute Gasteiger partial charge is 0.267 e. The second-order valence-electron chi connectivity index (χ2n) is 4.64. The predicted molar refractivity (Wildman–Crippen MR) is 68.4 cm³/mol. The van der Waals surface area contributed by atoms with Crippen molar-refractivity contribution in [3.05, 3.63) is 24.0 Å². The molecule has 1 saturated carbocycles. The third kappa shape index (κ3) is 2.67. The summed E-state index contributed by atoms with van der Waals surface area (Å²) in [6.07, 6.45) is 4.60. The van der Waals surface area contributed by atoms with E-state index in [2.05, 4.69) is 9.88 Å². The first kappa shape index (κ1) is 12.5. The molecule has 2 rings (SSSR count). The van der Waals surface area contributed by atoms with Crippen molar-refractivity contribution < 1.29 is 9.59 Å². The van der Waals surface area contributed by atoms with E-state index < -0.39 is 5.91 Å². The van der Waals surface area contributed by atoms with E-state index in [1.807, 2.05) is 13.1 Å². The molecule has 1 aromatic rings. The molecule has 0 saturated heterocycles. The van der Waals surface area contributed by atoms with Gasteiger partial charge in [0.05, 0.1) is 0 Å². The van der Waals surface area contributed by atoms with Crippen LogP contribution in [0.4, 0.5) is 5.69 Å². The average Bonchev–Trinajstić information content (AvgIpc) is 2.39. The van der Waals surface area contributed by atoms with Gasteiger partial charge in [0.1, 0.15) is 11.5 Å². The SMILES string of the molecule is CN(c1ccnc(C(N)=O)c1)C1CCC(=O)CC1. The van der Waals surface area contributed by atoms with Gasteiger partial charge in [-0.25, -0.2) is 0 Å². The van der Waals surface area contributed by atoms with Crippen molar-refractivity contribution in [3.63, 3.8) is 0 Å². The van der Waals surface area contributed by atoms with Gasteiger partial charge in [0.25, 0.3) is 5.91 Å². The van der Waals surface area contributed by atoms with E-state index in [0.717, 1.165) is 18.5 Å². The first-order valence-corrected chi connectivity index (χ1v) is 6.08. The Bertz CT molecular complexity index is 463. The summed E-state index contributed by atoms with van der Waals surface area (Å²) in [6, 6.07) is 3.88. The highest BCUT2D eigenvalue weighted by atomic mass is 16.1. The fourth-order valence-electron chi connectivity index (χ4n) is 2.30. The number of anilines is 1. The van der Waals surface area contributed by atoms with E-state index in [1.54, 1.807) is 12.3 Å². The summed E-state index contributed by atoms with van der Waals surface area (Å²) in [5.74, 6) is -0.184. The van der Waals surface area contributed by atoms with Gasteiger partial charge in [0.15, 0.2) is 0 Å². The molecule has 1 aliphatic carbocycles. The lowest BCUT2D eigenvalue weighted by Gasteiger charge is -2.32. The molecule has 0 aliphatic heterocycles. The molecule has 2 N–H and O–H groups in total. The van der Waals surface area contributed by atoms with Crippen LogP contribution in [0.3, 0.4) is 0 Å². The maximum atomic E-state index is 11.2. The van der Waals surface area contributed by atoms with Crippen molar-refractivity contribution in [3.8, 4) is 0 Å². The molecule has 1 heterocycles. The van der Waals surface area contributed by atoms with Crippen LogP contribution in [0.2, 0.25) is 0 Å². The lowest BCUT2D eigenvalue weighted by molar-refractivity contribution is -0.120. The Kier molecular flexibility index (Phi) is 3.60. The predicted octanol–water partition coefficient (Wildman–Crippen LogP) is 1.13. The van der Waals surface area contributed by atoms with E-state index in [1.165, 1.54) is 0 Å². The van der Waals surface area contributed by atoms with Gasteiger partial charge in [-0.1, -0.05) is 0 Å². The highest BCUT2D eigenvalue weighted by Gasteiger charge is 2.22. The molecule has 1 fully saturated rings. The number of carbonyl (C=O) groups excluding carboxylic acids is 2. The van der Waals surface area contributed by atoms with E-state index >= 15 is 0 Å². The molecule has 1 amide bonds. The van der Waals surface area contributed by atoms with Crippen LogP contribution in [0.5, 0.6) is 0 Å². The Balaban J connectivity index is 2.13. The zero-order chi connectivity index (χ0) is 13.1. The molecule has 5 nitrogen and oxygen atoms in total. The van der Waals surface area contributed by atoms with Crippen molar-refractivity contribution in [2.45, 2.75) is 31.7 Å². The Hall–Kier alpha value is -1.91. The number of amides is 1. The number of pyridine rings is 1. The first-order chi connectivity index (χ1) is 8.58. The van der Waals surface area contributed by atoms with Crippen molar-refractivity contribution >= 4 is 17.4 Å². The largest absolute Gasteiger partial charge is 0.371 e. The highest BCUT2D eigenvalue weighted by Crippen LogP contribution is 2.24. The first-order valence-electron chi connectivity index (χ1n) is 6.08. The van der Waals surface area contributed by atoms with Crippen LogP contribution in [0.15, 0.2) is 18.3 Å². The minimum atomic E-state index is -0.524. The van der Waals surface area contributed by atoms with E-state index in [9.17, 15) is 9.59 Å². The normalized spacial score (nSPS) is 16.6. The van der Waals surface area contributed by atoms with Gasteiger partial charge in [-0.15, -0.1) is 0 Å². The lowest BCUT2D eigenvalue weighted by Crippen LogP contribution is -2.35. The van der Waals surface area contributed by atoms with E-state index in [0.29, 0.717) is 24.7 Å². The maximum Gasteiger partial charge on any atom is 0.267 e. The van der Waals surface area contributed by atoms with Gasteiger partial charge in [-0.2, -0.15) is 0 Å². The van der Waals surface area contributed by atoms with Crippen LogP contribution in [0, 0.1) is 0 Å². The van der Waals surface area contributed by atoms with Crippen LogP contribution in [0.1, 0.15) is 36.2 Å². The third-order valence-electron chi connectivity index (χ3n) is 3.46. The minimum Gasteiger partial charge on any atom is -0.371 e. The number of aromatic nitrogens is 1. The topological polar surface area (TPSA) is 76.3 Å². The van der Waals surface area contributed by atoms with Crippen LogP contribution >= 0.6 is 0 Å². The van der Waals surface area contributed by atoms with Gasteiger partial charge >= 0.3 is 0 Å². The van der Waals surface area contributed by atoms with Crippen molar-refractivity contribution in [1.29, 1.82) is 0 Å². The molecule has 0 bridgehead atoms. The van der Waals surface area contributed by atoms with Gasteiger partial charge in [0, 0.05) is 37.8 Å². The number of nitrogens with zero attached hydrogens (tertiary/aromatic N) is 2. The molecule has 1 aliphatic rings. The molecule has 0 radical (unpaired) electrons. The average molecular weight is 247 g/mol. The summed E-state index contributed by atoms with van der Waals surface area (Å²) in [7, 11) is 1.97. The fraction of sp³-hybridized carbons (Fsp3) is 0.462. The molecule has 0 spiro atoms. The van der Waals surface area contributed by atoms with Crippen molar-refractivity contribution in [2.24, 2.45) is 5.73 Å². The van der Waals surface area contributed by atoms with Crippen LogP contribution in [0.25, 0.3) is 0 Å². The fourth-order valence-corrected chi connectivity index (χ4v) is 2.30.